The lowest BCUT2D eigenvalue weighted by molar-refractivity contribution is 0.309. The van der Waals surface area contributed by atoms with E-state index in [1.54, 1.807) is 0 Å². The lowest BCUT2D eigenvalue weighted by Gasteiger charge is -2.31. The summed E-state index contributed by atoms with van der Waals surface area (Å²) in [7, 11) is 0. The van der Waals surface area contributed by atoms with Crippen LogP contribution in [0.5, 0.6) is 0 Å². The first-order valence-corrected chi connectivity index (χ1v) is 7.51. The van der Waals surface area contributed by atoms with Gasteiger partial charge in [-0.25, -0.2) is 0 Å². The van der Waals surface area contributed by atoms with Crippen LogP contribution in [-0.4, -0.2) is 5.25 Å². The van der Waals surface area contributed by atoms with Crippen LogP contribution < -0.4 is 5.73 Å². The van der Waals surface area contributed by atoms with Gasteiger partial charge >= 0.3 is 0 Å². The molecule has 1 aliphatic rings. The Labute approximate surface area is 109 Å². The number of hydrogen-bond acceptors (Lipinski definition) is 2. The molecule has 0 aromatic heterocycles. The summed E-state index contributed by atoms with van der Waals surface area (Å²) in [4.78, 5) is 1.39. The van der Waals surface area contributed by atoms with E-state index in [9.17, 15) is 0 Å². The van der Waals surface area contributed by atoms with Crippen molar-refractivity contribution in [2.75, 3.05) is 0 Å². The molecule has 17 heavy (non-hydrogen) atoms. The highest BCUT2D eigenvalue weighted by atomic mass is 32.2. The van der Waals surface area contributed by atoms with Gasteiger partial charge in [0.15, 0.2) is 0 Å². The third kappa shape index (κ3) is 3.75. The maximum Gasteiger partial charge on any atom is 0.0178 e. The molecule has 0 amide bonds. The van der Waals surface area contributed by atoms with Gasteiger partial charge in [-0.3, -0.25) is 0 Å². The molecule has 94 valence electrons. The summed E-state index contributed by atoms with van der Waals surface area (Å²) in [6, 6.07) is 8.69. The van der Waals surface area contributed by atoms with Gasteiger partial charge in [0.1, 0.15) is 0 Å². The number of rotatable bonds is 3. The summed E-state index contributed by atoms with van der Waals surface area (Å²) in [6.45, 7) is 5.42. The molecule has 0 aliphatic heterocycles. The van der Waals surface area contributed by atoms with Crippen molar-refractivity contribution in [3.8, 4) is 0 Å². The first kappa shape index (κ1) is 13.0. The molecule has 1 aromatic carbocycles. The van der Waals surface area contributed by atoms with Crippen LogP contribution in [0.1, 0.15) is 38.7 Å². The molecule has 1 aliphatic carbocycles. The maximum atomic E-state index is 5.69. The number of thioether (sulfide) groups is 1. The maximum absolute atomic E-state index is 5.69. The van der Waals surface area contributed by atoms with E-state index < -0.39 is 0 Å². The molecule has 2 rings (SSSR count). The summed E-state index contributed by atoms with van der Waals surface area (Å²) in [5, 5.41) is 0.793. The van der Waals surface area contributed by atoms with Crippen LogP contribution in [0.4, 0.5) is 0 Å². The van der Waals surface area contributed by atoms with Gasteiger partial charge in [-0.15, -0.1) is 11.8 Å². The van der Waals surface area contributed by atoms with Gasteiger partial charge in [-0.1, -0.05) is 26.0 Å². The Balaban J connectivity index is 1.99. The summed E-state index contributed by atoms with van der Waals surface area (Å²) in [6.07, 6.45) is 4.13. The monoisotopic (exact) mass is 249 g/mol. The summed E-state index contributed by atoms with van der Waals surface area (Å²) in [5.74, 6) is 1.77. The third-order valence-corrected chi connectivity index (χ3v) is 4.82. The predicted molar refractivity (Wildman–Crippen MR) is 76.2 cm³/mol. The van der Waals surface area contributed by atoms with E-state index in [2.05, 4.69) is 38.1 Å². The molecule has 2 N–H and O–H groups in total. The molecule has 2 atom stereocenters. The average Bonchev–Trinajstić information content (AvgIpc) is 2.28. The molecule has 0 heterocycles. The Bertz CT molecular complexity index is 354. The van der Waals surface area contributed by atoms with Gasteiger partial charge in [0, 0.05) is 16.7 Å². The zero-order valence-electron chi connectivity index (χ0n) is 10.9. The molecule has 2 heteroatoms. The average molecular weight is 249 g/mol. The lowest BCUT2D eigenvalue weighted by atomic mass is 9.83. The molecule has 0 spiro atoms. The van der Waals surface area contributed by atoms with Crippen molar-refractivity contribution in [2.24, 2.45) is 17.6 Å². The number of nitrogens with two attached hydrogens (primary N) is 1. The van der Waals surface area contributed by atoms with Crippen molar-refractivity contribution in [1.82, 2.24) is 0 Å². The van der Waals surface area contributed by atoms with E-state index >= 15 is 0 Å². The van der Waals surface area contributed by atoms with Crippen molar-refractivity contribution in [1.29, 1.82) is 0 Å². The van der Waals surface area contributed by atoms with Crippen LogP contribution in [-0.2, 0) is 6.54 Å². The zero-order valence-corrected chi connectivity index (χ0v) is 11.7. The molecule has 1 aromatic rings. The summed E-state index contributed by atoms with van der Waals surface area (Å²) >= 11 is 2.05. The van der Waals surface area contributed by atoms with Crippen molar-refractivity contribution >= 4 is 11.8 Å². The fraction of sp³-hybridized carbons (Fsp3) is 0.600. The Morgan fingerprint density at radius 3 is 2.53 bits per heavy atom. The summed E-state index contributed by atoms with van der Waals surface area (Å²) in [5.41, 5.74) is 6.93. The Morgan fingerprint density at radius 2 is 1.88 bits per heavy atom. The fourth-order valence-electron chi connectivity index (χ4n) is 2.91. The normalized spacial score (nSPS) is 29.2. The summed E-state index contributed by atoms with van der Waals surface area (Å²) < 4.78 is 0. The topological polar surface area (TPSA) is 26.0 Å². The second-order valence-electron chi connectivity index (χ2n) is 5.51. The van der Waals surface area contributed by atoms with Gasteiger partial charge in [0.05, 0.1) is 0 Å². The Kier molecular flexibility index (Phi) is 4.52. The Hall–Kier alpha value is -0.470. The minimum Gasteiger partial charge on any atom is -0.326 e. The third-order valence-electron chi connectivity index (χ3n) is 3.57. The lowest BCUT2D eigenvalue weighted by Crippen LogP contribution is -2.21. The van der Waals surface area contributed by atoms with Crippen molar-refractivity contribution in [3.63, 3.8) is 0 Å². The quantitative estimate of drug-likeness (QED) is 0.874. The van der Waals surface area contributed by atoms with E-state index in [4.69, 9.17) is 5.73 Å². The molecule has 1 saturated carbocycles. The van der Waals surface area contributed by atoms with Gasteiger partial charge in [-0.05, 0) is 48.8 Å². The van der Waals surface area contributed by atoms with Crippen LogP contribution in [0.2, 0.25) is 0 Å². The zero-order chi connectivity index (χ0) is 12.3. The highest BCUT2D eigenvalue weighted by Gasteiger charge is 2.24. The van der Waals surface area contributed by atoms with Crippen LogP contribution >= 0.6 is 11.8 Å². The minimum absolute atomic E-state index is 0.645. The standard InChI is InChI=1S/C15H23NS/c1-11-6-12(2)8-15(7-11)17-14-5-3-4-13(9-14)10-16/h3-5,9,11-12,15H,6-8,10,16H2,1-2H3. The molecule has 1 nitrogen and oxygen atoms in total. The van der Waals surface area contributed by atoms with Crippen molar-refractivity contribution in [3.05, 3.63) is 29.8 Å². The highest BCUT2D eigenvalue weighted by Crippen LogP contribution is 2.38. The fourth-order valence-corrected chi connectivity index (χ4v) is 4.52. The van der Waals surface area contributed by atoms with Crippen LogP contribution in [0.15, 0.2) is 29.2 Å². The van der Waals surface area contributed by atoms with E-state index in [1.807, 2.05) is 11.8 Å². The van der Waals surface area contributed by atoms with Crippen molar-refractivity contribution < 1.29 is 0 Å². The van der Waals surface area contributed by atoms with Crippen molar-refractivity contribution in [2.45, 2.75) is 49.8 Å². The highest BCUT2D eigenvalue weighted by molar-refractivity contribution is 8.00. The van der Waals surface area contributed by atoms with E-state index in [1.165, 1.54) is 29.7 Å². The smallest absolute Gasteiger partial charge is 0.0178 e. The molecular weight excluding hydrogens is 226 g/mol. The number of hydrogen-bond donors (Lipinski definition) is 1. The van der Waals surface area contributed by atoms with Crippen LogP contribution in [0, 0.1) is 11.8 Å². The minimum atomic E-state index is 0.645. The Morgan fingerprint density at radius 1 is 1.18 bits per heavy atom. The molecule has 2 unspecified atom stereocenters. The van der Waals surface area contributed by atoms with Gasteiger partial charge in [-0.2, -0.15) is 0 Å². The predicted octanol–water partition coefficient (Wildman–Crippen LogP) is 4.06. The first-order valence-electron chi connectivity index (χ1n) is 6.63. The van der Waals surface area contributed by atoms with Gasteiger partial charge in [0.2, 0.25) is 0 Å². The number of benzene rings is 1. The largest absolute Gasteiger partial charge is 0.326 e. The van der Waals surface area contributed by atoms with Crippen LogP contribution in [0.3, 0.4) is 0 Å². The SMILES string of the molecule is CC1CC(C)CC(Sc2cccc(CN)c2)C1. The molecular formula is C15H23NS. The molecule has 1 fully saturated rings. The second-order valence-corrected chi connectivity index (χ2v) is 6.88. The second kappa shape index (κ2) is 5.92. The van der Waals surface area contributed by atoms with E-state index in [-0.39, 0.29) is 0 Å². The van der Waals surface area contributed by atoms with Gasteiger partial charge < -0.3 is 5.73 Å². The molecule has 0 radical (unpaired) electrons. The van der Waals surface area contributed by atoms with Crippen LogP contribution in [0.25, 0.3) is 0 Å². The first-order chi connectivity index (χ1) is 8.17. The molecule has 0 saturated heterocycles. The van der Waals surface area contributed by atoms with E-state index in [0.29, 0.717) is 6.54 Å². The molecule has 0 bridgehead atoms. The van der Waals surface area contributed by atoms with E-state index in [0.717, 1.165) is 17.1 Å². The van der Waals surface area contributed by atoms with Gasteiger partial charge in [0.25, 0.3) is 0 Å².